The third-order valence-electron chi connectivity index (χ3n) is 3.08. The third-order valence-corrected chi connectivity index (χ3v) is 3.34. The molecule has 0 spiro atoms. The van der Waals surface area contributed by atoms with Gasteiger partial charge in [0.1, 0.15) is 0 Å². The second-order valence-corrected chi connectivity index (χ2v) is 5.10. The first-order valence-electron chi connectivity index (χ1n) is 6.44. The summed E-state index contributed by atoms with van der Waals surface area (Å²) in [5.74, 6) is -0.112. The van der Waals surface area contributed by atoms with Gasteiger partial charge < -0.3 is 4.42 Å². The molecule has 112 valence electrons. The molecule has 1 amide bonds. The summed E-state index contributed by atoms with van der Waals surface area (Å²) in [6, 6.07) is 8.63. The number of amides is 1. The van der Waals surface area contributed by atoms with Crippen LogP contribution >= 0.6 is 11.6 Å². The number of carbonyl (C=O) groups excluding carboxylic acids is 1. The first-order valence-corrected chi connectivity index (χ1v) is 6.82. The fourth-order valence-electron chi connectivity index (χ4n) is 1.82. The van der Waals surface area contributed by atoms with Gasteiger partial charge in [0.25, 0.3) is 5.91 Å². The summed E-state index contributed by atoms with van der Waals surface area (Å²) in [5, 5.41) is 14.9. The average molecular weight is 318 g/mol. The Kier molecular flexibility index (Phi) is 3.64. The van der Waals surface area contributed by atoms with Gasteiger partial charge in [0.15, 0.2) is 5.69 Å². The summed E-state index contributed by atoms with van der Waals surface area (Å²) < 4.78 is 7.02. The van der Waals surface area contributed by atoms with Crippen LogP contribution in [0.15, 0.2) is 34.7 Å². The summed E-state index contributed by atoms with van der Waals surface area (Å²) in [5.41, 5.74) is 1.87. The minimum Gasteiger partial charge on any atom is -0.403 e. The molecule has 3 aromatic rings. The van der Waals surface area contributed by atoms with Crippen LogP contribution in [-0.2, 0) is 7.05 Å². The zero-order valence-corrected chi connectivity index (χ0v) is 12.6. The molecule has 0 saturated carbocycles. The number of hydrogen-bond acceptors (Lipinski definition) is 5. The highest BCUT2D eigenvalue weighted by molar-refractivity contribution is 6.30. The second kappa shape index (κ2) is 5.61. The fourth-order valence-corrected chi connectivity index (χ4v) is 1.94. The Morgan fingerprint density at radius 1 is 1.27 bits per heavy atom. The van der Waals surface area contributed by atoms with Crippen LogP contribution in [0.5, 0.6) is 0 Å². The minimum absolute atomic E-state index is 0.0123. The topological polar surface area (TPSA) is 85.8 Å². The van der Waals surface area contributed by atoms with Gasteiger partial charge in [0.2, 0.25) is 5.89 Å². The van der Waals surface area contributed by atoms with E-state index in [1.807, 2.05) is 6.92 Å². The van der Waals surface area contributed by atoms with Crippen LogP contribution in [-0.4, -0.2) is 25.9 Å². The van der Waals surface area contributed by atoms with Crippen molar-refractivity contribution in [2.75, 3.05) is 5.32 Å². The normalized spacial score (nSPS) is 10.7. The first-order chi connectivity index (χ1) is 10.5. The maximum absolute atomic E-state index is 12.0. The zero-order valence-electron chi connectivity index (χ0n) is 11.9. The van der Waals surface area contributed by atoms with E-state index in [1.54, 1.807) is 42.1 Å². The molecule has 0 unspecified atom stereocenters. The molecule has 22 heavy (non-hydrogen) atoms. The third kappa shape index (κ3) is 2.84. The highest BCUT2D eigenvalue weighted by atomic mass is 35.5. The minimum atomic E-state index is -0.407. The summed E-state index contributed by atoms with van der Waals surface area (Å²) >= 11 is 5.82. The predicted octanol–water partition coefficient (Wildman–Crippen LogP) is 2.68. The Bertz CT molecular complexity index is 803. The lowest BCUT2D eigenvalue weighted by Crippen LogP contribution is -2.13. The van der Waals surface area contributed by atoms with E-state index in [9.17, 15) is 4.79 Å². The molecular weight excluding hydrogens is 306 g/mol. The van der Waals surface area contributed by atoms with Crippen LogP contribution in [0.1, 0.15) is 16.2 Å². The van der Waals surface area contributed by atoms with Crippen LogP contribution in [0, 0.1) is 6.92 Å². The lowest BCUT2D eigenvalue weighted by molar-refractivity contribution is 0.101. The molecule has 7 nitrogen and oxygen atoms in total. The number of carbonyl (C=O) groups is 1. The highest BCUT2D eigenvalue weighted by Gasteiger charge is 2.15. The number of aryl methyl sites for hydroxylation is 2. The van der Waals surface area contributed by atoms with Gasteiger partial charge in [-0.15, -0.1) is 5.10 Å². The van der Waals surface area contributed by atoms with Crippen molar-refractivity contribution in [3.8, 4) is 11.5 Å². The van der Waals surface area contributed by atoms with Gasteiger partial charge in [-0.2, -0.15) is 5.10 Å². The summed E-state index contributed by atoms with van der Waals surface area (Å²) in [4.78, 5) is 12.0. The van der Waals surface area contributed by atoms with E-state index in [4.69, 9.17) is 16.0 Å². The maximum atomic E-state index is 12.0. The molecule has 2 aromatic heterocycles. The highest BCUT2D eigenvalue weighted by Crippen LogP contribution is 2.21. The first kappa shape index (κ1) is 14.3. The van der Waals surface area contributed by atoms with Crippen molar-refractivity contribution in [3.63, 3.8) is 0 Å². The number of rotatable bonds is 3. The number of aromatic nitrogens is 4. The maximum Gasteiger partial charge on any atom is 0.322 e. The quantitative estimate of drug-likeness (QED) is 0.802. The van der Waals surface area contributed by atoms with Gasteiger partial charge >= 0.3 is 6.01 Å². The standard InChI is InChI=1S/C14H12ClN5O2/c1-8-7-11(19-20(8)2)12(21)16-14-18-17-13(22-14)9-3-5-10(15)6-4-9/h3-7H,1-2H3,(H,16,18,21). The van der Waals surface area contributed by atoms with E-state index in [-0.39, 0.29) is 11.7 Å². The SMILES string of the molecule is Cc1cc(C(=O)Nc2nnc(-c3ccc(Cl)cc3)o2)nn1C. The fraction of sp³-hybridized carbons (Fsp3) is 0.143. The van der Waals surface area contributed by atoms with Gasteiger partial charge in [-0.25, -0.2) is 0 Å². The van der Waals surface area contributed by atoms with Crippen LogP contribution in [0.3, 0.4) is 0 Å². The summed E-state index contributed by atoms with van der Waals surface area (Å²) in [6.45, 7) is 1.86. The molecule has 2 heterocycles. The van der Waals surface area contributed by atoms with Gasteiger partial charge in [-0.1, -0.05) is 16.7 Å². The van der Waals surface area contributed by atoms with Crippen molar-refractivity contribution in [2.24, 2.45) is 7.05 Å². The Labute approximate surface area is 130 Å². The van der Waals surface area contributed by atoms with E-state index >= 15 is 0 Å². The second-order valence-electron chi connectivity index (χ2n) is 4.67. The Morgan fingerprint density at radius 2 is 2.00 bits per heavy atom. The van der Waals surface area contributed by atoms with E-state index < -0.39 is 5.91 Å². The molecule has 0 aliphatic carbocycles. The smallest absolute Gasteiger partial charge is 0.322 e. The number of nitrogens with zero attached hydrogens (tertiary/aromatic N) is 4. The van der Waals surface area contributed by atoms with Gasteiger partial charge in [-0.05, 0) is 37.3 Å². The molecule has 0 radical (unpaired) electrons. The van der Waals surface area contributed by atoms with Gasteiger partial charge in [-0.3, -0.25) is 14.8 Å². The molecule has 8 heteroatoms. The largest absolute Gasteiger partial charge is 0.403 e. The lowest BCUT2D eigenvalue weighted by atomic mass is 10.2. The Morgan fingerprint density at radius 3 is 2.64 bits per heavy atom. The summed E-state index contributed by atoms with van der Waals surface area (Å²) in [7, 11) is 1.76. The average Bonchev–Trinajstić information content (AvgIpc) is 3.08. The molecular formula is C14H12ClN5O2. The van der Waals surface area contributed by atoms with Crippen LogP contribution in [0.4, 0.5) is 6.01 Å². The van der Waals surface area contributed by atoms with Crippen LogP contribution < -0.4 is 5.32 Å². The molecule has 1 N–H and O–H groups in total. The van der Waals surface area contributed by atoms with Crippen molar-refractivity contribution >= 4 is 23.5 Å². The Hall–Kier alpha value is -2.67. The molecule has 0 aliphatic heterocycles. The number of hydrogen-bond donors (Lipinski definition) is 1. The van der Waals surface area contributed by atoms with Crippen molar-refractivity contribution in [1.29, 1.82) is 0 Å². The van der Waals surface area contributed by atoms with E-state index in [0.29, 0.717) is 16.5 Å². The number of anilines is 1. The monoisotopic (exact) mass is 317 g/mol. The van der Waals surface area contributed by atoms with Crippen molar-refractivity contribution < 1.29 is 9.21 Å². The number of nitrogens with one attached hydrogen (secondary N) is 1. The van der Waals surface area contributed by atoms with Crippen LogP contribution in [0.25, 0.3) is 11.5 Å². The number of halogens is 1. The molecule has 0 fully saturated rings. The molecule has 0 bridgehead atoms. The predicted molar refractivity (Wildman–Crippen MR) is 80.6 cm³/mol. The van der Waals surface area contributed by atoms with E-state index in [2.05, 4.69) is 20.6 Å². The van der Waals surface area contributed by atoms with Crippen molar-refractivity contribution in [2.45, 2.75) is 6.92 Å². The van der Waals surface area contributed by atoms with Crippen molar-refractivity contribution in [3.05, 3.63) is 46.7 Å². The summed E-state index contributed by atoms with van der Waals surface area (Å²) in [6.07, 6.45) is 0. The van der Waals surface area contributed by atoms with E-state index in [0.717, 1.165) is 5.69 Å². The van der Waals surface area contributed by atoms with Crippen molar-refractivity contribution in [1.82, 2.24) is 20.0 Å². The van der Waals surface area contributed by atoms with Gasteiger partial charge in [0, 0.05) is 23.3 Å². The lowest BCUT2D eigenvalue weighted by Gasteiger charge is -1.96. The molecule has 1 aromatic carbocycles. The molecule has 0 aliphatic rings. The molecule has 3 rings (SSSR count). The molecule has 0 saturated heterocycles. The van der Waals surface area contributed by atoms with Crippen LogP contribution in [0.2, 0.25) is 5.02 Å². The van der Waals surface area contributed by atoms with E-state index in [1.165, 1.54) is 0 Å². The van der Waals surface area contributed by atoms with Gasteiger partial charge in [0.05, 0.1) is 0 Å². The number of benzene rings is 1. The Balaban J connectivity index is 1.76. The molecule has 0 atom stereocenters. The zero-order chi connectivity index (χ0) is 15.7.